The molecule has 1 aliphatic rings. The molecule has 4 rings (SSSR count). The highest BCUT2D eigenvalue weighted by Gasteiger charge is 2.28. The van der Waals surface area contributed by atoms with Crippen molar-refractivity contribution in [3.8, 4) is 0 Å². The van der Waals surface area contributed by atoms with Crippen LogP contribution in [-0.4, -0.2) is 27.5 Å². The number of hydrogen-bond donors (Lipinski definition) is 1. The molecule has 1 fully saturated rings. The van der Waals surface area contributed by atoms with Crippen LogP contribution >= 0.6 is 11.3 Å². The summed E-state index contributed by atoms with van der Waals surface area (Å²) in [5.41, 5.74) is 5.01. The van der Waals surface area contributed by atoms with Gasteiger partial charge in [0.25, 0.3) is 5.91 Å². The lowest BCUT2D eigenvalue weighted by Crippen LogP contribution is -2.23. The van der Waals surface area contributed by atoms with Gasteiger partial charge in [-0.25, -0.2) is 0 Å². The summed E-state index contributed by atoms with van der Waals surface area (Å²) in [6.07, 6.45) is 2.34. The number of nitrogens with one attached hydrogen (secondary N) is 1. The maximum absolute atomic E-state index is 12.4. The predicted octanol–water partition coefficient (Wildman–Crippen LogP) is 4.42. The van der Waals surface area contributed by atoms with Crippen LogP contribution in [0.15, 0.2) is 48.5 Å². The van der Waals surface area contributed by atoms with E-state index in [9.17, 15) is 4.79 Å². The average molecular weight is 407 g/mol. The number of nitrogens with zero attached hydrogens (tertiary/aromatic N) is 3. The van der Waals surface area contributed by atoms with Crippen molar-refractivity contribution in [2.24, 2.45) is 0 Å². The van der Waals surface area contributed by atoms with Crippen LogP contribution in [-0.2, 0) is 13.1 Å². The first-order valence-corrected chi connectivity index (χ1v) is 10.9. The Morgan fingerprint density at radius 1 is 1.14 bits per heavy atom. The van der Waals surface area contributed by atoms with Crippen molar-refractivity contribution in [2.75, 3.05) is 6.54 Å². The number of carbonyl (C=O) groups is 1. The van der Waals surface area contributed by atoms with Crippen LogP contribution in [0.2, 0.25) is 0 Å². The molecule has 0 radical (unpaired) electrons. The molecule has 2 aromatic carbocycles. The lowest BCUT2D eigenvalue weighted by atomic mass is 9.99. The van der Waals surface area contributed by atoms with Gasteiger partial charge >= 0.3 is 0 Å². The molecular formula is C23H26N4OS. The van der Waals surface area contributed by atoms with Crippen LogP contribution < -0.4 is 5.32 Å². The molecule has 0 bridgehead atoms. The van der Waals surface area contributed by atoms with Gasteiger partial charge in [-0.3, -0.25) is 9.69 Å². The van der Waals surface area contributed by atoms with Crippen LogP contribution in [0.3, 0.4) is 0 Å². The fourth-order valence-electron chi connectivity index (χ4n) is 3.88. The quantitative estimate of drug-likeness (QED) is 0.658. The average Bonchev–Trinajstić information content (AvgIpc) is 3.38. The van der Waals surface area contributed by atoms with Gasteiger partial charge in [-0.05, 0) is 49.9 Å². The zero-order chi connectivity index (χ0) is 20.2. The second-order valence-corrected chi connectivity index (χ2v) is 8.72. The van der Waals surface area contributed by atoms with Crippen molar-refractivity contribution in [3.63, 3.8) is 0 Å². The Hall–Kier alpha value is -2.57. The van der Waals surface area contributed by atoms with E-state index in [1.54, 1.807) is 0 Å². The molecule has 5 nitrogen and oxygen atoms in total. The summed E-state index contributed by atoms with van der Waals surface area (Å²) in [7, 11) is 0. The third-order valence-electron chi connectivity index (χ3n) is 5.48. The fraction of sp³-hybridized carbons (Fsp3) is 0.348. The molecule has 6 heteroatoms. The first-order valence-electron chi connectivity index (χ1n) is 10.1. The third-order valence-corrected chi connectivity index (χ3v) is 6.39. The molecular weight excluding hydrogens is 380 g/mol. The summed E-state index contributed by atoms with van der Waals surface area (Å²) in [5, 5.41) is 12.7. The second-order valence-electron chi connectivity index (χ2n) is 7.65. The largest absolute Gasteiger partial charge is 0.346 e. The lowest BCUT2D eigenvalue weighted by molar-refractivity contribution is 0.0950. The molecule has 150 valence electrons. The molecule has 1 unspecified atom stereocenters. The van der Waals surface area contributed by atoms with Crippen LogP contribution in [0.25, 0.3) is 0 Å². The number of hydrogen-bond acceptors (Lipinski definition) is 5. The van der Waals surface area contributed by atoms with Gasteiger partial charge in [-0.15, -0.1) is 10.2 Å². The van der Waals surface area contributed by atoms with E-state index in [2.05, 4.69) is 58.5 Å². The molecule has 0 aliphatic carbocycles. The molecule has 1 N–H and O–H groups in total. The van der Waals surface area contributed by atoms with Crippen LogP contribution in [0.1, 0.15) is 55.9 Å². The number of aryl methyl sites for hydroxylation is 2. The maximum atomic E-state index is 12.4. The first-order chi connectivity index (χ1) is 14.1. The van der Waals surface area contributed by atoms with E-state index in [4.69, 9.17) is 0 Å². The van der Waals surface area contributed by atoms with E-state index in [-0.39, 0.29) is 5.91 Å². The third kappa shape index (κ3) is 4.71. The Labute approximate surface area is 175 Å². The molecule has 0 spiro atoms. The second kappa shape index (κ2) is 8.84. The smallest absolute Gasteiger partial charge is 0.282 e. The molecule has 2 heterocycles. The van der Waals surface area contributed by atoms with Gasteiger partial charge in [0.15, 0.2) is 0 Å². The highest BCUT2D eigenvalue weighted by Crippen LogP contribution is 2.34. The minimum Gasteiger partial charge on any atom is -0.346 e. The topological polar surface area (TPSA) is 58.1 Å². The van der Waals surface area contributed by atoms with Gasteiger partial charge in [0.05, 0.1) is 6.54 Å². The van der Waals surface area contributed by atoms with Gasteiger partial charge in [0, 0.05) is 12.6 Å². The number of benzene rings is 2. The van der Waals surface area contributed by atoms with E-state index in [1.165, 1.54) is 34.4 Å². The Morgan fingerprint density at radius 2 is 1.93 bits per heavy atom. The van der Waals surface area contributed by atoms with Crippen molar-refractivity contribution in [3.05, 3.63) is 80.8 Å². The summed E-state index contributed by atoms with van der Waals surface area (Å²) < 4.78 is 0. The molecule has 1 aliphatic heterocycles. The normalized spacial score (nSPS) is 16.8. The Bertz CT molecular complexity index is 983. The number of rotatable bonds is 6. The molecule has 0 saturated carbocycles. The van der Waals surface area contributed by atoms with Gasteiger partial charge in [0.1, 0.15) is 5.01 Å². The van der Waals surface area contributed by atoms with Gasteiger partial charge in [0.2, 0.25) is 5.01 Å². The number of likely N-dealkylation sites (tertiary alicyclic amines) is 1. The number of amides is 1. The molecule has 1 amide bonds. The molecule has 1 atom stereocenters. The highest BCUT2D eigenvalue weighted by atomic mass is 32.1. The van der Waals surface area contributed by atoms with Gasteiger partial charge in [-0.1, -0.05) is 65.4 Å². The van der Waals surface area contributed by atoms with Crippen molar-refractivity contribution in [2.45, 2.75) is 45.8 Å². The van der Waals surface area contributed by atoms with Crippen molar-refractivity contribution in [1.29, 1.82) is 0 Å². The van der Waals surface area contributed by atoms with Crippen molar-refractivity contribution < 1.29 is 4.79 Å². The van der Waals surface area contributed by atoms with Crippen LogP contribution in [0, 0.1) is 13.8 Å². The summed E-state index contributed by atoms with van der Waals surface area (Å²) in [6.45, 7) is 6.51. The van der Waals surface area contributed by atoms with Gasteiger partial charge < -0.3 is 5.32 Å². The molecule has 1 aromatic heterocycles. The first kappa shape index (κ1) is 19.7. The number of carbonyl (C=O) groups excluding carboxylic acids is 1. The Balaban J connectivity index is 1.38. The summed E-state index contributed by atoms with van der Waals surface area (Å²) in [4.78, 5) is 14.9. The zero-order valence-electron chi connectivity index (χ0n) is 16.9. The van der Waals surface area contributed by atoms with Crippen LogP contribution in [0.5, 0.6) is 0 Å². The summed E-state index contributed by atoms with van der Waals surface area (Å²) in [5.74, 6) is -0.161. The Morgan fingerprint density at radius 3 is 2.72 bits per heavy atom. The minimum atomic E-state index is -0.161. The van der Waals surface area contributed by atoms with Crippen molar-refractivity contribution in [1.82, 2.24) is 20.4 Å². The summed E-state index contributed by atoms with van der Waals surface area (Å²) >= 11 is 1.39. The van der Waals surface area contributed by atoms with E-state index < -0.39 is 0 Å². The van der Waals surface area contributed by atoms with E-state index >= 15 is 0 Å². The SMILES string of the molecule is Cc1ccc(CNC(=O)c2nnc(CN3CCCC3c3ccccc3C)s2)cc1. The Kier molecular flexibility index (Phi) is 6.02. The van der Waals surface area contributed by atoms with E-state index in [0.29, 0.717) is 17.6 Å². The zero-order valence-corrected chi connectivity index (χ0v) is 17.7. The molecule has 3 aromatic rings. The molecule has 29 heavy (non-hydrogen) atoms. The van der Waals surface area contributed by atoms with E-state index in [1.807, 2.05) is 24.3 Å². The van der Waals surface area contributed by atoms with Crippen LogP contribution in [0.4, 0.5) is 0 Å². The highest BCUT2D eigenvalue weighted by molar-refractivity contribution is 7.13. The summed E-state index contributed by atoms with van der Waals surface area (Å²) in [6, 6.07) is 17.2. The standard InChI is InChI=1S/C23H26N4OS/c1-16-9-11-18(12-10-16)14-24-22(28)23-26-25-21(29-23)15-27-13-5-8-20(27)19-7-4-3-6-17(19)2/h3-4,6-7,9-12,20H,5,8,13-15H2,1-2H3,(H,24,28). The minimum absolute atomic E-state index is 0.161. The van der Waals surface area contributed by atoms with E-state index in [0.717, 1.165) is 30.1 Å². The molecule has 1 saturated heterocycles. The van der Waals surface area contributed by atoms with Crippen molar-refractivity contribution >= 4 is 17.2 Å². The maximum Gasteiger partial charge on any atom is 0.282 e. The fourth-order valence-corrected chi connectivity index (χ4v) is 4.66. The number of aromatic nitrogens is 2. The predicted molar refractivity (Wildman–Crippen MR) is 116 cm³/mol. The van der Waals surface area contributed by atoms with Gasteiger partial charge in [-0.2, -0.15) is 0 Å². The lowest BCUT2D eigenvalue weighted by Gasteiger charge is -2.25. The monoisotopic (exact) mass is 406 g/mol.